The van der Waals surface area contributed by atoms with Crippen LogP contribution in [0.25, 0.3) is 0 Å². The molecule has 0 fully saturated rings. The zero-order chi connectivity index (χ0) is 7.15. The van der Waals surface area contributed by atoms with Crippen LogP contribution in [0.2, 0.25) is 0 Å². The molecule has 0 spiro atoms. The fourth-order valence-electron chi connectivity index (χ4n) is 0. The van der Waals surface area contributed by atoms with Crippen LogP contribution in [0.3, 0.4) is 0 Å². The van der Waals surface area contributed by atoms with Crippen molar-refractivity contribution in [2.24, 2.45) is 0 Å². The Kier molecular flexibility index (Phi) is 20.0. The molecule has 0 aromatic rings. The standard InChI is InChI=1S/GeH3.H3O3P.H2O3Si/c;2*1-4(2)3/h1H3;4H,(H2,1,2,3);1-2H. The van der Waals surface area contributed by atoms with E-state index in [1.165, 1.54) is 0 Å². The van der Waals surface area contributed by atoms with E-state index in [9.17, 15) is 0 Å². The summed E-state index contributed by atoms with van der Waals surface area (Å²) in [7, 11) is -6.26. The monoisotopic (exact) mass is 237 g/mol. The van der Waals surface area contributed by atoms with Crippen LogP contribution in [0.1, 0.15) is 0 Å². The Labute approximate surface area is 64.0 Å². The fourth-order valence-corrected chi connectivity index (χ4v) is 0. The summed E-state index contributed by atoms with van der Waals surface area (Å²) >= 11 is 0. The topological polar surface area (TPSA) is 115 Å². The van der Waals surface area contributed by atoms with Crippen molar-refractivity contribution in [3.8, 4) is 0 Å². The number of hydrogen-bond donors (Lipinski definition) is 4. The van der Waals surface area contributed by atoms with Gasteiger partial charge in [-0.1, -0.05) is 0 Å². The van der Waals surface area contributed by atoms with Crippen LogP contribution in [-0.4, -0.2) is 46.1 Å². The van der Waals surface area contributed by atoms with E-state index in [1.54, 1.807) is 0 Å². The molecule has 0 saturated heterocycles. The summed E-state index contributed by atoms with van der Waals surface area (Å²) in [6, 6.07) is 0. The molecule has 0 unspecified atom stereocenters. The maximum atomic E-state index is 8.74. The molecule has 0 saturated carbocycles. The average Bonchev–Trinajstić information content (AvgIpc) is 1.25. The van der Waals surface area contributed by atoms with Crippen LogP contribution in [0, 0.1) is 0 Å². The van der Waals surface area contributed by atoms with Crippen LogP contribution in [0.5, 0.6) is 0 Å². The van der Waals surface area contributed by atoms with Crippen LogP contribution in [0.4, 0.5) is 0 Å². The first-order valence-corrected chi connectivity index (χ1v) is 3.91. The first-order valence-electron chi connectivity index (χ1n) is 1.30. The molecule has 4 N–H and O–H groups in total. The van der Waals surface area contributed by atoms with E-state index < -0.39 is 17.4 Å². The Morgan fingerprint density at radius 1 is 1.22 bits per heavy atom. The second-order valence-corrected chi connectivity index (χ2v) is 1.70. The zero-order valence-electron chi connectivity index (χ0n) is 4.61. The molecule has 0 rings (SSSR count). The maximum absolute atomic E-state index is 8.74. The van der Waals surface area contributed by atoms with E-state index in [4.69, 9.17) is 28.4 Å². The van der Waals surface area contributed by atoms with E-state index in [2.05, 4.69) is 0 Å². The molecule has 0 aliphatic carbocycles. The number of rotatable bonds is 0. The summed E-state index contributed by atoms with van der Waals surface area (Å²) in [5, 5.41) is 0. The van der Waals surface area contributed by atoms with Gasteiger partial charge in [0.2, 0.25) is 0 Å². The molecular weight excluding hydrogens is 228 g/mol. The van der Waals surface area contributed by atoms with Gasteiger partial charge in [-0.15, -0.1) is 0 Å². The number of hydrogen-bond acceptors (Lipinski definition) is 2. The van der Waals surface area contributed by atoms with Gasteiger partial charge in [0.05, 0.1) is 0 Å². The van der Waals surface area contributed by atoms with Crippen LogP contribution < -0.4 is 0 Å². The molecule has 9 heteroatoms. The van der Waals surface area contributed by atoms with Gasteiger partial charge in [0.25, 0.3) is 0 Å². The molecule has 0 atom stereocenters. The summed E-state index contributed by atoms with van der Waals surface area (Å²) in [6.07, 6.45) is 0. The Morgan fingerprint density at radius 2 is 1.22 bits per heavy atom. The average molecular weight is 236 g/mol. The molecular formula is H8GeO6PSi. The summed E-state index contributed by atoms with van der Waals surface area (Å²) in [4.78, 5) is 28.6. The van der Waals surface area contributed by atoms with Gasteiger partial charge in [-0.2, -0.15) is 0 Å². The third kappa shape index (κ3) is 3450. The van der Waals surface area contributed by atoms with Gasteiger partial charge in [-0.25, -0.2) is 0 Å². The van der Waals surface area contributed by atoms with Crippen LogP contribution in [0.15, 0.2) is 0 Å². The normalized spacial score (nSPS) is 6.56. The third-order valence-corrected chi connectivity index (χ3v) is 0. The third-order valence-electron chi connectivity index (χ3n) is 0. The Bertz CT molecular complexity index is 71.1. The predicted octanol–water partition coefficient (Wildman–Crippen LogP) is -3.44. The summed E-state index contributed by atoms with van der Waals surface area (Å²) in [5.74, 6) is 0. The van der Waals surface area contributed by atoms with Crippen molar-refractivity contribution in [1.82, 2.24) is 0 Å². The molecule has 0 heterocycles. The molecule has 0 aliphatic rings. The first-order chi connectivity index (χ1) is 3.46. The molecule has 6 nitrogen and oxygen atoms in total. The summed E-state index contributed by atoms with van der Waals surface area (Å²) < 4.78 is 17.5. The van der Waals surface area contributed by atoms with E-state index in [0.29, 0.717) is 0 Å². The van der Waals surface area contributed by atoms with E-state index >= 15 is 0 Å². The van der Waals surface area contributed by atoms with Gasteiger partial charge in [-0.05, 0) is 0 Å². The molecule has 57 valence electrons. The summed E-state index contributed by atoms with van der Waals surface area (Å²) in [6.45, 7) is 0. The SMILES string of the molecule is O=[PH](O)O.O=[Si](O)O.[GeH3]. The molecule has 0 aromatic heterocycles. The predicted molar refractivity (Wildman–Crippen MR) is 34.3 cm³/mol. The zero-order valence-corrected chi connectivity index (χ0v) is 10.8. The van der Waals surface area contributed by atoms with Crippen molar-refractivity contribution in [2.75, 3.05) is 0 Å². The Morgan fingerprint density at radius 3 is 1.22 bits per heavy atom. The second kappa shape index (κ2) is 11.2. The van der Waals surface area contributed by atoms with E-state index in [1.807, 2.05) is 0 Å². The van der Waals surface area contributed by atoms with Crippen molar-refractivity contribution >= 4 is 35.0 Å². The van der Waals surface area contributed by atoms with Crippen LogP contribution >= 0.6 is 8.25 Å². The summed E-state index contributed by atoms with van der Waals surface area (Å²) in [5.41, 5.74) is 0. The van der Waals surface area contributed by atoms with Crippen molar-refractivity contribution in [3.63, 3.8) is 0 Å². The molecule has 1 radical (unpaired) electrons. The van der Waals surface area contributed by atoms with Crippen molar-refractivity contribution < 1.29 is 28.4 Å². The molecule has 0 aliphatic heterocycles. The van der Waals surface area contributed by atoms with Gasteiger partial charge in [0.15, 0.2) is 0 Å². The molecule has 0 bridgehead atoms. The minimum atomic E-state index is -3.13. The Hall–Kier alpha value is 0.310. The molecule has 0 amide bonds. The second-order valence-electron chi connectivity index (χ2n) is 0.565. The van der Waals surface area contributed by atoms with Crippen LogP contribution in [-0.2, 0) is 9.03 Å². The van der Waals surface area contributed by atoms with Crippen molar-refractivity contribution in [3.05, 3.63) is 0 Å². The van der Waals surface area contributed by atoms with Gasteiger partial charge in [0.1, 0.15) is 0 Å². The molecule has 0 aromatic carbocycles. The Balaban J connectivity index is -0.0000000720. The molecule has 9 heavy (non-hydrogen) atoms. The van der Waals surface area contributed by atoms with Crippen molar-refractivity contribution in [2.45, 2.75) is 0 Å². The van der Waals surface area contributed by atoms with E-state index in [0.717, 1.165) is 0 Å². The van der Waals surface area contributed by atoms with E-state index in [-0.39, 0.29) is 17.6 Å². The fraction of sp³-hybridized carbons (Fsp3) is 0. The van der Waals surface area contributed by atoms with Gasteiger partial charge in [0, 0.05) is 0 Å². The first kappa shape index (κ1) is 16.1. The van der Waals surface area contributed by atoms with Gasteiger partial charge >= 0.3 is 35.0 Å². The quantitative estimate of drug-likeness (QED) is 0.257. The van der Waals surface area contributed by atoms with Crippen molar-refractivity contribution in [1.29, 1.82) is 0 Å². The van der Waals surface area contributed by atoms with Gasteiger partial charge in [-0.3, -0.25) is 9.03 Å². The minimum absolute atomic E-state index is 0. The van der Waals surface area contributed by atoms with Gasteiger partial charge < -0.3 is 19.4 Å².